The monoisotopic (exact) mass is 238 g/mol. The summed E-state index contributed by atoms with van der Waals surface area (Å²) in [6.07, 6.45) is 0.0255. The Kier molecular flexibility index (Phi) is 3.19. The van der Waals surface area contributed by atoms with Gasteiger partial charge in [-0.1, -0.05) is 11.6 Å². The van der Waals surface area contributed by atoms with E-state index in [-0.39, 0.29) is 0 Å². The molecule has 0 aliphatic rings. The standard InChI is InChI=1S/C12H15ClN2O/c1-7-12(11(16)4-5-14)9-6-8(13)2-3-10(9)15-7/h2-3,6,11,15-16H,4-5,14H2,1H3. The van der Waals surface area contributed by atoms with Crippen molar-refractivity contribution in [1.82, 2.24) is 4.98 Å². The zero-order valence-electron chi connectivity index (χ0n) is 9.13. The smallest absolute Gasteiger partial charge is 0.0825 e. The summed E-state index contributed by atoms with van der Waals surface area (Å²) in [6.45, 7) is 2.41. The van der Waals surface area contributed by atoms with E-state index >= 15 is 0 Å². The van der Waals surface area contributed by atoms with Gasteiger partial charge in [-0.3, -0.25) is 0 Å². The van der Waals surface area contributed by atoms with Crippen LogP contribution in [0.25, 0.3) is 10.9 Å². The first kappa shape index (κ1) is 11.5. The summed E-state index contributed by atoms with van der Waals surface area (Å²) in [4.78, 5) is 3.23. The predicted molar refractivity (Wildman–Crippen MR) is 66.7 cm³/mol. The maximum Gasteiger partial charge on any atom is 0.0825 e. The van der Waals surface area contributed by atoms with Gasteiger partial charge in [-0.15, -0.1) is 0 Å². The number of aryl methyl sites for hydroxylation is 1. The molecule has 86 valence electrons. The van der Waals surface area contributed by atoms with Crippen LogP contribution >= 0.6 is 11.6 Å². The minimum atomic E-state index is -0.530. The minimum absolute atomic E-state index is 0.466. The van der Waals surface area contributed by atoms with E-state index in [1.54, 1.807) is 0 Å². The maximum atomic E-state index is 10.0. The van der Waals surface area contributed by atoms with Crippen LogP contribution in [0.4, 0.5) is 0 Å². The Morgan fingerprint density at radius 2 is 2.25 bits per heavy atom. The van der Waals surface area contributed by atoms with Gasteiger partial charge in [0.25, 0.3) is 0 Å². The van der Waals surface area contributed by atoms with Crippen molar-refractivity contribution >= 4 is 22.5 Å². The van der Waals surface area contributed by atoms with Crippen LogP contribution in [0.3, 0.4) is 0 Å². The lowest BCUT2D eigenvalue weighted by atomic mass is 10.0. The molecule has 4 N–H and O–H groups in total. The fourth-order valence-corrected chi connectivity index (χ4v) is 2.22. The van der Waals surface area contributed by atoms with E-state index in [4.69, 9.17) is 17.3 Å². The first-order valence-corrected chi connectivity index (χ1v) is 5.67. The van der Waals surface area contributed by atoms with Gasteiger partial charge in [0, 0.05) is 27.2 Å². The first-order valence-electron chi connectivity index (χ1n) is 5.29. The molecule has 2 rings (SSSR count). The van der Waals surface area contributed by atoms with Gasteiger partial charge in [-0.25, -0.2) is 0 Å². The van der Waals surface area contributed by atoms with Crippen molar-refractivity contribution in [2.75, 3.05) is 6.54 Å². The molecular formula is C12H15ClN2O. The molecule has 0 spiro atoms. The second kappa shape index (κ2) is 4.45. The first-order chi connectivity index (χ1) is 7.63. The highest BCUT2D eigenvalue weighted by molar-refractivity contribution is 6.31. The second-order valence-electron chi connectivity index (χ2n) is 3.95. The fourth-order valence-electron chi connectivity index (χ4n) is 2.05. The Morgan fingerprint density at radius 1 is 1.50 bits per heavy atom. The van der Waals surface area contributed by atoms with Crippen molar-refractivity contribution in [1.29, 1.82) is 0 Å². The number of benzene rings is 1. The summed E-state index contributed by atoms with van der Waals surface area (Å²) < 4.78 is 0. The van der Waals surface area contributed by atoms with Gasteiger partial charge in [0.1, 0.15) is 0 Å². The fraction of sp³-hybridized carbons (Fsp3) is 0.333. The zero-order chi connectivity index (χ0) is 11.7. The normalized spacial score (nSPS) is 13.2. The third kappa shape index (κ3) is 1.94. The predicted octanol–water partition coefficient (Wildman–Crippen LogP) is 2.51. The lowest BCUT2D eigenvalue weighted by Gasteiger charge is -2.09. The summed E-state index contributed by atoms with van der Waals surface area (Å²) in [5, 5.41) is 11.7. The van der Waals surface area contributed by atoms with Crippen LogP contribution in [0, 0.1) is 6.92 Å². The Balaban J connectivity index is 2.58. The Hall–Kier alpha value is -1.03. The molecule has 0 saturated carbocycles. The van der Waals surface area contributed by atoms with Gasteiger partial charge in [0.15, 0.2) is 0 Å². The number of hydrogen-bond acceptors (Lipinski definition) is 2. The van der Waals surface area contributed by atoms with E-state index in [9.17, 15) is 5.11 Å². The summed E-state index contributed by atoms with van der Waals surface area (Å²) in [6, 6.07) is 5.62. The molecule has 1 unspecified atom stereocenters. The van der Waals surface area contributed by atoms with Crippen LogP contribution in [0.5, 0.6) is 0 Å². The van der Waals surface area contributed by atoms with Crippen molar-refractivity contribution in [2.24, 2.45) is 5.73 Å². The molecule has 1 heterocycles. The summed E-state index contributed by atoms with van der Waals surface area (Å²) in [5.41, 5.74) is 8.33. The number of hydrogen-bond donors (Lipinski definition) is 3. The third-order valence-corrected chi connectivity index (χ3v) is 3.01. The molecule has 0 aliphatic heterocycles. The second-order valence-corrected chi connectivity index (χ2v) is 4.38. The Bertz CT molecular complexity index is 507. The van der Waals surface area contributed by atoms with Gasteiger partial charge < -0.3 is 15.8 Å². The van der Waals surface area contributed by atoms with Crippen molar-refractivity contribution in [2.45, 2.75) is 19.4 Å². The summed E-state index contributed by atoms with van der Waals surface area (Å²) in [5.74, 6) is 0. The number of H-pyrrole nitrogens is 1. The largest absolute Gasteiger partial charge is 0.388 e. The molecule has 16 heavy (non-hydrogen) atoms. The van der Waals surface area contributed by atoms with Gasteiger partial charge in [-0.2, -0.15) is 0 Å². The lowest BCUT2D eigenvalue weighted by molar-refractivity contribution is 0.171. The molecule has 4 heteroatoms. The van der Waals surface area contributed by atoms with Crippen LogP contribution < -0.4 is 5.73 Å². The SMILES string of the molecule is Cc1[nH]c2ccc(Cl)cc2c1C(O)CCN. The highest BCUT2D eigenvalue weighted by atomic mass is 35.5. The molecule has 2 aromatic rings. The molecule has 1 aromatic heterocycles. The molecule has 0 radical (unpaired) electrons. The quantitative estimate of drug-likeness (QED) is 0.770. The highest BCUT2D eigenvalue weighted by Gasteiger charge is 2.16. The molecule has 0 bridgehead atoms. The topological polar surface area (TPSA) is 62.0 Å². The summed E-state index contributed by atoms with van der Waals surface area (Å²) in [7, 11) is 0. The van der Waals surface area contributed by atoms with Crippen LogP contribution in [0.1, 0.15) is 23.8 Å². The van der Waals surface area contributed by atoms with E-state index in [1.165, 1.54) is 0 Å². The minimum Gasteiger partial charge on any atom is -0.388 e. The van der Waals surface area contributed by atoms with Crippen LogP contribution in [0.2, 0.25) is 5.02 Å². The number of fused-ring (bicyclic) bond motifs is 1. The number of aliphatic hydroxyl groups excluding tert-OH is 1. The van der Waals surface area contributed by atoms with E-state index < -0.39 is 6.10 Å². The van der Waals surface area contributed by atoms with Crippen molar-refractivity contribution in [3.05, 3.63) is 34.5 Å². The molecule has 0 aliphatic carbocycles. The number of nitrogens with one attached hydrogen (secondary N) is 1. The highest BCUT2D eigenvalue weighted by Crippen LogP contribution is 2.31. The maximum absolute atomic E-state index is 10.0. The van der Waals surface area contributed by atoms with Crippen LogP contribution in [-0.4, -0.2) is 16.6 Å². The van der Waals surface area contributed by atoms with Crippen molar-refractivity contribution in [3.63, 3.8) is 0 Å². The van der Waals surface area contributed by atoms with E-state index in [2.05, 4.69) is 4.98 Å². The number of rotatable bonds is 3. The zero-order valence-corrected chi connectivity index (χ0v) is 9.88. The van der Waals surface area contributed by atoms with Crippen molar-refractivity contribution in [3.8, 4) is 0 Å². The Morgan fingerprint density at radius 3 is 2.94 bits per heavy atom. The lowest BCUT2D eigenvalue weighted by Crippen LogP contribution is -2.07. The van der Waals surface area contributed by atoms with Crippen LogP contribution in [-0.2, 0) is 0 Å². The van der Waals surface area contributed by atoms with Crippen molar-refractivity contribution < 1.29 is 5.11 Å². The number of aromatic nitrogens is 1. The van der Waals surface area contributed by atoms with Gasteiger partial charge >= 0.3 is 0 Å². The molecule has 0 fully saturated rings. The molecule has 1 aromatic carbocycles. The van der Waals surface area contributed by atoms with Gasteiger partial charge in [-0.05, 0) is 38.1 Å². The third-order valence-electron chi connectivity index (χ3n) is 2.77. The molecular weight excluding hydrogens is 224 g/mol. The molecule has 0 amide bonds. The van der Waals surface area contributed by atoms with Gasteiger partial charge in [0.2, 0.25) is 0 Å². The number of aliphatic hydroxyl groups is 1. The average molecular weight is 239 g/mol. The van der Waals surface area contributed by atoms with E-state index in [0.717, 1.165) is 22.2 Å². The number of halogens is 1. The van der Waals surface area contributed by atoms with E-state index in [0.29, 0.717) is 18.0 Å². The Labute approximate surface area is 99.2 Å². The molecule has 0 saturated heterocycles. The number of aromatic amines is 1. The van der Waals surface area contributed by atoms with E-state index in [1.807, 2.05) is 25.1 Å². The molecule has 1 atom stereocenters. The molecule has 3 nitrogen and oxygen atoms in total. The van der Waals surface area contributed by atoms with Crippen LogP contribution in [0.15, 0.2) is 18.2 Å². The summed E-state index contributed by atoms with van der Waals surface area (Å²) >= 11 is 5.96. The van der Waals surface area contributed by atoms with Gasteiger partial charge in [0.05, 0.1) is 6.10 Å². The average Bonchev–Trinajstić information content (AvgIpc) is 2.53. The number of nitrogens with two attached hydrogens (primary N) is 1.